The highest BCUT2D eigenvalue weighted by atomic mass is 35.5. The molecule has 2 heterocycles. The zero-order valence-electron chi connectivity index (χ0n) is 6.48. The second kappa shape index (κ2) is 3.40. The maximum atomic E-state index is 11.3. The summed E-state index contributed by atoms with van der Waals surface area (Å²) in [6.45, 7) is 0. The van der Waals surface area contributed by atoms with Gasteiger partial charge in [0, 0.05) is 4.88 Å². The van der Waals surface area contributed by atoms with Gasteiger partial charge >= 0.3 is 0 Å². The average molecular weight is 213 g/mol. The van der Waals surface area contributed by atoms with E-state index in [0.717, 1.165) is 4.88 Å². The van der Waals surface area contributed by atoms with Crippen LogP contribution in [0.3, 0.4) is 0 Å². The number of hydrogen-bond donors (Lipinski definition) is 0. The monoisotopic (exact) mass is 212 g/mol. The molecule has 1 unspecified atom stereocenters. The Bertz CT molecular complexity index is 383. The quantitative estimate of drug-likeness (QED) is 0.660. The highest BCUT2D eigenvalue weighted by Crippen LogP contribution is 2.29. The zero-order valence-corrected chi connectivity index (χ0v) is 8.05. The van der Waals surface area contributed by atoms with Crippen molar-refractivity contribution in [1.29, 1.82) is 0 Å². The van der Waals surface area contributed by atoms with Crippen LogP contribution in [-0.2, 0) is 4.79 Å². The second-order valence-electron chi connectivity index (χ2n) is 2.52. The molecule has 0 bridgehead atoms. The van der Waals surface area contributed by atoms with E-state index < -0.39 is 0 Å². The first-order valence-corrected chi connectivity index (χ1v) is 4.89. The molecule has 0 radical (unpaired) electrons. The van der Waals surface area contributed by atoms with Gasteiger partial charge in [0.2, 0.25) is 0 Å². The number of azo groups is 1. The van der Waals surface area contributed by atoms with Gasteiger partial charge in [-0.15, -0.1) is 21.6 Å². The molecule has 3 nitrogen and oxygen atoms in total. The van der Waals surface area contributed by atoms with E-state index >= 15 is 0 Å². The van der Waals surface area contributed by atoms with Crippen LogP contribution in [0.5, 0.6) is 0 Å². The van der Waals surface area contributed by atoms with Crippen molar-refractivity contribution in [2.75, 3.05) is 0 Å². The third-order valence-corrected chi connectivity index (χ3v) is 2.82. The van der Waals surface area contributed by atoms with Crippen molar-refractivity contribution in [3.05, 3.63) is 33.6 Å². The summed E-state index contributed by atoms with van der Waals surface area (Å²) in [7, 11) is 0. The van der Waals surface area contributed by atoms with Crippen LogP contribution in [0.15, 0.2) is 39.0 Å². The van der Waals surface area contributed by atoms with Crippen molar-refractivity contribution in [2.24, 2.45) is 10.2 Å². The number of carbonyl (C=O) groups excluding carboxylic acids is 1. The van der Waals surface area contributed by atoms with Gasteiger partial charge in [-0.1, -0.05) is 17.7 Å². The van der Waals surface area contributed by atoms with Crippen molar-refractivity contribution >= 4 is 28.8 Å². The molecule has 0 saturated heterocycles. The summed E-state index contributed by atoms with van der Waals surface area (Å²) in [5, 5.41) is 9.11. The first-order valence-electron chi connectivity index (χ1n) is 3.63. The number of halogens is 1. The third-order valence-electron chi connectivity index (χ3n) is 1.66. The molecule has 0 N–H and O–H groups in total. The summed E-state index contributed by atoms with van der Waals surface area (Å²) < 4.78 is 0. The van der Waals surface area contributed by atoms with Gasteiger partial charge in [0.15, 0.2) is 0 Å². The van der Waals surface area contributed by atoms with Crippen molar-refractivity contribution in [3.63, 3.8) is 0 Å². The Hall–Kier alpha value is -1.00. The molecule has 0 aliphatic carbocycles. The number of amides is 1. The van der Waals surface area contributed by atoms with Crippen molar-refractivity contribution < 1.29 is 4.79 Å². The van der Waals surface area contributed by atoms with Gasteiger partial charge in [-0.3, -0.25) is 4.79 Å². The van der Waals surface area contributed by atoms with E-state index in [0.29, 0.717) is 0 Å². The summed E-state index contributed by atoms with van der Waals surface area (Å²) >= 11 is 7.16. The lowest BCUT2D eigenvalue weighted by Gasteiger charge is -2.08. The predicted octanol–water partition coefficient (Wildman–Crippen LogP) is 2.90. The van der Waals surface area contributed by atoms with Crippen LogP contribution in [0.25, 0.3) is 0 Å². The summed E-state index contributed by atoms with van der Waals surface area (Å²) in [4.78, 5) is 12.2. The lowest BCUT2D eigenvalue weighted by atomic mass is 10.1. The number of thiophene rings is 1. The van der Waals surface area contributed by atoms with E-state index in [-0.39, 0.29) is 17.0 Å². The fourth-order valence-corrected chi connectivity index (χ4v) is 2.02. The SMILES string of the molecule is O=C1N=NC(Cl)=CC1c1cccs1. The fourth-order valence-electron chi connectivity index (χ4n) is 1.07. The van der Waals surface area contributed by atoms with Gasteiger partial charge in [0.25, 0.3) is 5.91 Å². The molecule has 1 aromatic rings. The Balaban J connectivity index is 2.35. The molecule has 66 valence electrons. The Morgan fingerprint density at radius 3 is 3.00 bits per heavy atom. The van der Waals surface area contributed by atoms with Gasteiger partial charge < -0.3 is 0 Å². The molecule has 1 aliphatic rings. The highest BCUT2D eigenvalue weighted by Gasteiger charge is 2.22. The average Bonchev–Trinajstić information content (AvgIpc) is 2.61. The zero-order chi connectivity index (χ0) is 9.26. The Morgan fingerprint density at radius 2 is 2.31 bits per heavy atom. The minimum atomic E-state index is -0.343. The van der Waals surface area contributed by atoms with Crippen LogP contribution >= 0.6 is 22.9 Å². The summed E-state index contributed by atoms with van der Waals surface area (Å²) in [5.41, 5.74) is 0. The molecule has 1 aromatic heterocycles. The van der Waals surface area contributed by atoms with Gasteiger partial charge in [-0.2, -0.15) is 0 Å². The lowest BCUT2D eigenvalue weighted by molar-refractivity contribution is -0.118. The molecule has 0 fully saturated rings. The molecule has 1 amide bonds. The molecule has 1 aliphatic heterocycles. The molecule has 5 heteroatoms. The Kier molecular flexibility index (Phi) is 2.24. The van der Waals surface area contributed by atoms with Crippen LogP contribution in [0.4, 0.5) is 0 Å². The van der Waals surface area contributed by atoms with E-state index in [2.05, 4.69) is 10.2 Å². The summed E-state index contributed by atoms with van der Waals surface area (Å²) in [6.07, 6.45) is 1.61. The minimum Gasteiger partial charge on any atom is -0.270 e. The molecule has 13 heavy (non-hydrogen) atoms. The first-order chi connectivity index (χ1) is 6.27. The topological polar surface area (TPSA) is 41.8 Å². The number of carbonyl (C=O) groups is 1. The highest BCUT2D eigenvalue weighted by molar-refractivity contribution is 7.10. The second-order valence-corrected chi connectivity index (χ2v) is 3.89. The summed E-state index contributed by atoms with van der Waals surface area (Å²) in [6, 6.07) is 3.77. The first kappa shape index (κ1) is 8.59. The van der Waals surface area contributed by atoms with Crippen LogP contribution in [0, 0.1) is 0 Å². The molecule has 0 aromatic carbocycles. The van der Waals surface area contributed by atoms with E-state index in [1.807, 2.05) is 17.5 Å². The van der Waals surface area contributed by atoms with Gasteiger partial charge in [-0.05, 0) is 17.5 Å². The Labute approximate surface area is 83.7 Å². The van der Waals surface area contributed by atoms with Crippen LogP contribution in [-0.4, -0.2) is 5.91 Å². The summed E-state index contributed by atoms with van der Waals surface area (Å²) in [5.74, 6) is -0.600. The predicted molar refractivity (Wildman–Crippen MR) is 50.9 cm³/mol. The van der Waals surface area contributed by atoms with Gasteiger partial charge in [0.1, 0.15) is 5.16 Å². The normalized spacial score (nSPS) is 21.8. The van der Waals surface area contributed by atoms with Crippen LogP contribution < -0.4 is 0 Å². The lowest BCUT2D eigenvalue weighted by Crippen LogP contribution is -2.08. The van der Waals surface area contributed by atoms with E-state index in [1.165, 1.54) is 11.3 Å². The van der Waals surface area contributed by atoms with Crippen molar-refractivity contribution in [3.8, 4) is 0 Å². The van der Waals surface area contributed by atoms with E-state index in [1.54, 1.807) is 6.08 Å². The number of nitrogens with zero attached hydrogens (tertiary/aromatic N) is 2. The minimum absolute atomic E-state index is 0.258. The molecule has 0 saturated carbocycles. The number of rotatable bonds is 1. The largest absolute Gasteiger partial charge is 0.276 e. The number of hydrogen-bond acceptors (Lipinski definition) is 3. The van der Waals surface area contributed by atoms with Crippen LogP contribution in [0.1, 0.15) is 10.8 Å². The molecular weight excluding hydrogens is 208 g/mol. The molecular formula is C8H5ClN2OS. The Morgan fingerprint density at radius 1 is 1.46 bits per heavy atom. The van der Waals surface area contributed by atoms with E-state index in [4.69, 9.17) is 11.6 Å². The standard InChI is InChI=1S/C8H5ClN2OS/c9-7-4-5(8(12)11-10-7)6-2-1-3-13-6/h1-5H. The maximum Gasteiger partial charge on any atom is 0.276 e. The van der Waals surface area contributed by atoms with Gasteiger partial charge in [-0.25, -0.2) is 0 Å². The van der Waals surface area contributed by atoms with Crippen molar-refractivity contribution in [2.45, 2.75) is 5.92 Å². The van der Waals surface area contributed by atoms with Crippen LogP contribution in [0.2, 0.25) is 0 Å². The maximum absolute atomic E-state index is 11.3. The smallest absolute Gasteiger partial charge is 0.270 e. The van der Waals surface area contributed by atoms with E-state index in [9.17, 15) is 4.79 Å². The van der Waals surface area contributed by atoms with Gasteiger partial charge in [0.05, 0.1) is 5.92 Å². The molecule has 0 spiro atoms. The fraction of sp³-hybridized carbons (Fsp3) is 0.125. The molecule has 1 atom stereocenters. The van der Waals surface area contributed by atoms with Crippen molar-refractivity contribution in [1.82, 2.24) is 0 Å². The molecule has 2 rings (SSSR count). The third kappa shape index (κ3) is 1.68.